The van der Waals surface area contributed by atoms with Gasteiger partial charge in [0.15, 0.2) is 16.4 Å². The maximum absolute atomic E-state index is 12.5. The number of benzene rings is 2. The summed E-state index contributed by atoms with van der Waals surface area (Å²) in [4.78, 5) is 14.0. The number of para-hydroxylation sites is 1. The number of hydrogen-bond acceptors (Lipinski definition) is 6. The van der Waals surface area contributed by atoms with Crippen LogP contribution < -0.4 is 4.74 Å². The van der Waals surface area contributed by atoms with Crippen LogP contribution in [0.4, 0.5) is 0 Å². The lowest BCUT2D eigenvalue weighted by molar-refractivity contribution is -0.133. The van der Waals surface area contributed by atoms with Crippen LogP contribution in [-0.2, 0) is 14.6 Å². The highest BCUT2D eigenvalue weighted by Gasteiger charge is 2.32. The molecule has 31 heavy (non-hydrogen) atoms. The minimum Gasteiger partial charge on any atom is -0.484 e. The van der Waals surface area contributed by atoms with Crippen LogP contribution in [0.3, 0.4) is 0 Å². The molecule has 1 aliphatic rings. The van der Waals surface area contributed by atoms with Crippen molar-refractivity contribution in [1.29, 1.82) is 0 Å². The largest absolute Gasteiger partial charge is 0.484 e. The first-order valence-electron chi connectivity index (χ1n) is 9.99. The zero-order chi connectivity index (χ0) is 21.6. The Hall–Kier alpha value is -3.26. The van der Waals surface area contributed by atoms with E-state index in [2.05, 4.69) is 0 Å². The van der Waals surface area contributed by atoms with Crippen molar-refractivity contribution in [3.8, 4) is 17.1 Å². The highest BCUT2D eigenvalue weighted by molar-refractivity contribution is 7.91. The van der Waals surface area contributed by atoms with E-state index < -0.39 is 9.84 Å². The van der Waals surface area contributed by atoms with E-state index >= 15 is 0 Å². The fourth-order valence-corrected chi connectivity index (χ4v) is 5.71. The van der Waals surface area contributed by atoms with Crippen LogP contribution in [0, 0.1) is 0 Å². The van der Waals surface area contributed by atoms with Crippen LogP contribution >= 0.6 is 0 Å². The first-order chi connectivity index (χ1) is 14.9. The van der Waals surface area contributed by atoms with E-state index in [9.17, 15) is 13.2 Å². The molecule has 0 spiro atoms. The molecule has 5 rings (SSSR count). The highest BCUT2D eigenvalue weighted by atomic mass is 32.2. The molecule has 1 saturated heterocycles. The van der Waals surface area contributed by atoms with Crippen molar-refractivity contribution < 1.29 is 26.8 Å². The molecule has 160 valence electrons. The predicted octanol–water partition coefficient (Wildman–Crippen LogP) is 3.87. The van der Waals surface area contributed by atoms with Gasteiger partial charge in [-0.05, 0) is 36.8 Å². The average Bonchev–Trinajstić information content (AvgIpc) is 3.46. The number of amides is 1. The zero-order valence-electron chi connectivity index (χ0n) is 16.9. The lowest BCUT2D eigenvalue weighted by Crippen LogP contribution is -2.40. The minimum atomic E-state index is -3.05. The van der Waals surface area contributed by atoms with Gasteiger partial charge in [-0.15, -0.1) is 0 Å². The standard InChI is InChI=1S/C23H21NO6S/c1-24(16-8-9-31(26,27)14-16)23(25)13-28-17-6-7-21-18(11-17)19(12-29-21)22-10-15-4-2-3-5-20(15)30-22/h2-7,10-12,16H,8-9,13-14H2,1H3/t16-/m0/s1. The number of likely N-dealkylation sites (N-methyl/N-ethyl adjacent to an activating group) is 1. The summed E-state index contributed by atoms with van der Waals surface area (Å²) in [5.74, 6) is 1.09. The van der Waals surface area contributed by atoms with Gasteiger partial charge in [-0.25, -0.2) is 8.42 Å². The summed E-state index contributed by atoms with van der Waals surface area (Å²) in [6, 6.07) is 14.8. The quantitative estimate of drug-likeness (QED) is 0.469. The van der Waals surface area contributed by atoms with Gasteiger partial charge in [0.05, 0.1) is 17.1 Å². The Morgan fingerprint density at radius 2 is 2.00 bits per heavy atom. The monoisotopic (exact) mass is 439 g/mol. The number of furan rings is 2. The summed E-state index contributed by atoms with van der Waals surface area (Å²) in [5, 5.41) is 1.82. The van der Waals surface area contributed by atoms with Crippen LogP contribution in [0.5, 0.6) is 5.75 Å². The van der Waals surface area contributed by atoms with E-state index in [1.54, 1.807) is 25.4 Å². The normalized spacial score (nSPS) is 17.9. The maximum Gasteiger partial charge on any atom is 0.260 e. The Morgan fingerprint density at radius 3 is 2.77 bits per heavy atom. The van der Waals surface area contributed by atoms with Crippen molar-refractivity contribution in [1.82, 2.24) is 4.90 Å². The highest BCUT2D eigenvalue weighted by Crippen LogP contribution is 2.36. The molecule has 2 aromatic carbocycles. The Labute approximate surface area is 179 Å². The molecule has 0 radical (unpaired) electrons. The zero-order valence-corrected chi connectivity index (χ0v) is 17.7. The Kier molecular flexibility index (Phi) is 4.74. The number of carbonyl (C=O) groups is 1. The number of fused-ring (bicyclic) bond motifs is 2. The lowest BCUT2D eigenvalue weighted by Gasteiger charge is -2.23. The second-order valence-electron chi connectivity index (χ2n) is 7.81. The molecule has 8 heteroatoms. The van der Waals surface area contributed by atoms with Crippen molar-refractivity contribution in [2.75, 3.05) is 25.2 Å². The summed E-state index contributed by atoms with van der Waals surface area (Å²) in [6.07, 6.45) is 2.11. The molecular weight excluding hydrogens is 418 g/mol. The maximum atomic E-state index is 12.5. The minimum absolute atomic E-state index is 0.0110. The van der Waals surface area contributed by atoms with E-state index in [1.807, 2.05) is 36.4 Å². The second kappa shape index (κ2) is 7.46. The van der Waals surface area contributed by atoms with Crippen molar-refractivity contribution in [3.63, 3.8) is 0 Å². The predicted molar refractivity (Wildman–Crippen MR) is 117 cm³/mol. The van der Waals surface area contributed by atoms with Crippen molar-refractivity contribution >= 4 is 37.7 Å². The molecule has 0 saturated carbocycles. The van der Waals surface area contributed by atoms with Gasteiger partial charge in [0, 0.05) is 23.9 Å². The fraction of sp³-hybridized carbons (Fsp3) is 0.261. The second-order valence-corrected chi connectivity index (χ2v) is 10.0. The molecule has 1 amide bonds. The third-order valence-corrected chi connectivity index (χ3v) is 7.50. The summed E-state index contributed by atoms with van der Waals surface area (Å²) >= 11 is 0. The van der Waals surface area contributed by atoms with E-state index in [-0.39, 0.29) is 30.1 Å². The number of nitrogens with zero attached hydrogens (tertiary/aromatic N) is 1. The van der Waals surface area contributed by atoms with Gasteiger partial charge >= 0.3 is 0 Å². The van der Waals surface area contributed by atoms with Gasteiger partial charge < -0.3 is 18.5 Å². The van der Waals surface area contributed by atoms with Crippen molar-refractivity contribution in [2.24, 2.45) is 0 Å². The number of ether oxygens (including phenoxy) is 1. The summed E-state index contributed by atoms with van der Waals surface area (Å²) in [6.45, 7) is -0.170. The molecule has 1 atom stereocenters. The number of hydrogen-bond donors (Lipinski definition) is 0. The molecule has 7 nitrogen and oxygen atoms in total. The number of rotatable bonds is 5. The molecule has 4 aromatic rings. The first-order valence-corrected chi connectivity index (χ1v) is 11.8. The molecule has 1 aliphatic heterocycles. The van der Waals surface area contributed by atoms with E-state index in [0.717, 1.165) is 21.9 Å². The van der Waals surface area contributed by atoms with Gasteiger partial charge in [-0.1, -0.05) is 18.2 Å². The fourth-order valence-electron chi connectivity index (χ4n) is 3.93. The Morgan fingerprint density at radius 1 is 1.16 bits per heavy atom. The third kappa shape index (κ3) is 3.79. The van der Waals surface area contributed by atoms with Gasteiger partial charge in [0.2, 0.25) is 0 Å². The molecule has 0 unspecified atom stereocenters. The van der Waals surface area contributed by atoms with Crippen LogP contribution in [0.2, 0.25) is 0 Å². The van der Waals surface area contributed by atoms with Crippen LogP contribution in [0.15, 0.2) is 63.6 Å². The lowest BCUT2D eigenvalue weighted by atomic mass is 10.1. The van der Waals surface area contributed by atoms with Crippen LogP contribution in [-0.4, -0.2) is 50.4 Å². The molecule has 1 fully saturated rings. The number of carbonyl (C=O) groups excluding carboxylic acids is 1. The SMILES string of the molecule is CN(C(=O)COc1ccc2occ(-c3cc4ccccc4o3)c2c1)[C@H]1CCS(=O)(=O)C1. The van der Waals surface area contributed by atoms with Gasteiger partial charge in [0.25, 0.3) is 5.91 Å². The topological polar surface area (TPSA) is 90.0 Å². The average molecular weight is 439 g/mol. The van der Waals surface area contributed by atoms with Crippen LogP contribution in [0.25, 0.3) is 33.3 Å². The van der Waals surface area contributed by atoms with E-state index in [0.29, 0.717) is 23.5 Å². The Bertz CT molecular complexity index is 1350. The smallest absolute Gasteiger partial charge is 0.260 e. The molecule has 3 heterocycles. The Balaban J connectivity index is 1.34. The number of sulfone groups is 1. The molecule has 0 N–H and O–H groups in total. The van der Waals surface area contributed by atoms with Gasteiger partial charge in [0.1, 0.15) is 28.9 Å². The summed E-state index contributed by atoms with van der Waals surface area (Å²) in [5.41, 5.74) is 2.28. The molecular formula is C23H21NO6S. The van der Waals surface area contributed by atoms with Gasteiger partial charge in [-0.2, -0.15) is 0 Å². The summed E-state index contributed by atoms with van der Waals surface area (Å²) in [7, 11) is -1.43. The third-order valence-electron chi connectivity index (χ3n) is 5.75. The molecule has 0 aliphatic carbocycles. The van der Waals surface area contributed by atoms with Gasteiger partial charge in [-0.3, -0.25) is 4.79 Å². The van der Waals surface area contributed by atoms with Crippen molar-refractivity contribution in [3.05, 3.63) is 54.8 Å². The van der Waals surface area contributed by atoms with Crippen LogP contribution in [0.1, 0.15) is 6.42 Å². The molecule has 0 bridgehead atoms. The summed E-state index contributed by atoms with van der Waals surface area (Å²) < 4.78 is 40.7. The molecule has 2 aromatic heterocycles. The van der Waals surface area contributed by atoms with Crippen molar-refractivity contribution in [2.45, 2.75) is 12.5 Å². The van der Waals surface area contributed by atoms with E-state index in [4.69, 9.17) is 13.6 Å². The van der Waals surface area contributed by atoms with E-state index in [1.165, 1.54) is 4.90 Å². The first kappa shape index (κ1) is 19.7.